The number of amides is 2. The number of guanidine groups is 2. The molecule has 1 spiro atoms. The molecule has 0 radical (unpaired) electrons. The number of benzene rings is 2. The van der Waals surface area contributed by atoms with Crippen LogP contribution < -0.4 is 26.0 Å². The van der Waals surface area contributed by atoms with E-state index in [1.165, 1.54) is 6.92 Å². The number of ether oxygens (including phenoxy) is 1. The maximum atomic E-state index is 13.2. The van der Waals surface area contributed by atoms with Crippen LogP contribution >= 0.6 is 0 Å². The lowest BCUT2D eigenvalue weighted by Gasteiger charge is -2.27. The van der Waals surface area contributed by atoms with Crippen molar-refractivity contribution in [1.82, 2.24) is 5.32 Å². The van der Waals surface area contributed by atoms with Crippen molar-refractivity contribution in [3.05, 3.63) is 54.1 Å². The second-order valence-corrected chi connectivity index (χ2v) is 6.26. The van der Waals surface area contributed by atoms with E-state index in [9.17, 15) is 9.59 Å². The number of carbonyl (C=O) groups excluding carboxylic acids is 2. The van der Waals surface area contributed by atoms with Gasteiger partial charge in [0.1, 0.15) is 5.75 Å². The minimum atomic E-state index is -1.66. The summed E-state index contributed by atoms with van der Waals surface area (Å²) in [7, 11) is 1.55. The van der Waals surface area contributed by atoms with Crippen LogP contribution in [0, 0.1) is 0 Å². The van der Waals surface area contributed by atoms with Crippen molar-refractivity contribution in [2.75, 3.05) is 17.3 Å². The van der Waals surface area contributed by atoms with E-state index in [0.717, 1.165) is 4.90 Å². The Labute approximate surface area is 160 Å². The number of para-hydroxylation sites is 3. The lowest BCUT2D eigenvalue weighted by Crippen LogP contribution is -2.51. The summed E-state index contributed by atoms with van der Waals surface area (Å²) < 4.78 is 5.33. The zero-order valence-corrected chi connectivity index (χ0v) is 15.3. The van der Waals surface area contributed by atoms with Gasteiger partial charge < -0.3 is 15.8 Å². The van der Waals surface area contributed by atoms with Gasteiger partial charge in [0.15, 0.2) is 5.96 Å². The summed E-state index contributed by atoms with van der Waals surface area (Å²) in [5.41, 5.74) is 5.87. The number of carbonyl (C=O) groups is 2. The van der Waals surface area contributed by atoms with Crippen LogP contribution in [0.25, 0.3) is 0 Å². The third-order valence-electron chi connectivity index (χ3n) is 4.50. The molecule has 2 aliphatic rings. The van der Waals surface area contributed by atoms with E-state index >= 15 is 0 Å². The van der Waals surface area contributed by atoms with Gasteiger partial charge in [0.2, 0.25) is 11.9 Å². The molecule has 9 nitrogen and oxygen atoms in total. The van der Waals surface area contributed by atoms with E-state index in [-0.39, 0.29) is 11.9 Å². The molecular formula is C19H18N6O3. The Morgan fingerprint density at radius 3 is 2.64 bits per heavy atom. The lowest BCUT2D eigenvalue weighted by atomic mass is 10.0. The van der Waals surface area contributed by atoms with Gasteiger partial charge in [-0.15, -0.1) is 0 Å². The number of anilines is 2. The number of aliphatic imine (C=N–C) groups is 2. The van der Waals surface area contributed by atoms with E-state index in [4.69, 9.17) is 10.5 Å². The molecule has 2 heterocycles. The molecule has 9 heteroatoms. The summed E-state index contributed by atoms with van der Waals surface area (Å²) >= 11 is 0. The lowest BCUT2D eigenvalue weighted by molar-refractivity contribution is -0.127. The number of rotatable bonds is 2. The number of hydrogen-bond donors (Lipinski definition) is 3. The molecule has 4 N–H and O–H groups in total. The van der Waals surface area contributed by atoms with Gasteiger partial charge in [-0.05, 0) is 18.2 Å². The van der Waals surface area contributed by atoms with Crippen molar-refractivity contribution < 1.29 is 14.3 Å². The van der Waals surface area contributed by atoms with Crippen LogP contribution in [-0.4, -0.2) is 30.8 Å². The average Bonchev–Trinajstić information content (AvgIpc) is 2.90. The van der Waals surface area contributed by atoms with Crippen LogP contribution in [0.15, 0.2) is 58.5 Å². The quantitative estimate of drug-likeness (QED) is 0.720. The Balaban J connectivity index is 1.83. The number of imide groups is 1. The van der Waals surface area contributed by atoms with Crippen LogP contribution in [0.1, 0.15) is 12.5 Å². The SMILES string of the molecule is COc1ccccc1NC1=N[C@]2(N=C(N)N1)C(=O)N(C(C)=O)c1ccccc12. The second kappa shape index (κ2) is 6.38. The topological polar surface area (TPSA) is 121 Å². The molecule has 2 aromatic carbocycles. The van der Waals surface area contributed by atoms with Gasteiger partial charge in [0, 0.05) is 12.5 Å². The smallest absolute Gasteiger partial charge is 0.289 e. The van der Waals surface area contributed by atoms with Crippen molar-refractivity contribution in [3.8, 4) is 5.75 Å². The van der Waals surface area contributed by atoms with Crippen molar-refractivity contribution in [1.29, 1.82) is 0 Å². The summed E-state index contributed by atoms with van der Waals surface area (Å²) in [6, 6.07) is 14.1. The Morgan fingerprint density at radius 2 is 1.89 bits per heavy atom. The van der Waals surface area contributed by atoms with Gasteiger partial charge in [0.25, 0.3) is 11.6 Å². The maximum absolute atomic E-state index is 13.2. The highest BCUT2D eigenvalue weighted by Gasteiger charge is 2.54. The van der Waals surface area contributed by atoms with E-state index in [0.29, 0.717) is 22.7 Å². The van der Waals surface area contributed by atoms with Crippen molar-refractivity contribution in [2.45, 2.75) is 12.6 Å². The first-order chi connectivity index (χ1) is 13.5. The van der Waals surface area contributed by atoms with Crippen LogP contribution in [0.2, 0.25) is 0 Å². The summed E-state index contributed by atoms with van der Waals surface area (Å²) in [6.07, 6.45) is 0. The van der Waals surface area contributed by atoms with Gasteiger partial charge in [-0.2, -0.15) is 0 Å². The number of hydrogen-bond acceptors (Lipinski definition) is 8. The highest BCUT2D eigenvalue weighted by molar-refractivity contribution is 6.24. The van der Waals surface area contributed by atoms with Crippen LogP contribution in [0.3, 0.4) is 0 Å². The number of nitrogens with two attached hydrogens (primary N) is 1. The molecule has 0 fully saturated rings. The Bertz CT molecular complexity index is 1050. The first-order valence-electron chi connectivity index (χ1n) is 8.53. The summed E-state index contributed by atoms with van der Waals surface area (Å²) in [5, 5.41) is 5.89. The van der Waals surface area contributed by atoms with Gasteiger partial charge in [-0.3, -0.25) is 14.9 Å². The largest absolute Gasteiger partial charge is 0.495 e. The minimum absolute atomic E-state index is 0.000882. The number of nitrogens with one attached hydrogen (secondary N) is 2. The molecule has 0 saturated heterocycles. The third-order valence-corrected chi connectivity index (χ3v) is 4.50. The highest BCUT2D eigenvalue weighted by Crippen LogP contribution is 2.44. The molecule has 2 aliphatic heterocycles. The minimum Gasteiger partial charge on any atom is -0.495 e. The second-order valence-electron chi connectivity index (χ2n) is 6.26. The molecule has 2 amide bonds. The monoisotopic (exact) mass is 378 g/mol. The Morgan fingerprint density at radius 1 is 1.18 bits per heavy atom. The molecule has 0 bridgehead atoms. The predicted molar refractivity (Wildman–Crippen MR) is 105 cm³/mol. The summed E-state index contributed by atoms with van der Waals surface area (Å²) in [6.45, 7) is 1.32. The van der Waals surface area contributed by atoms with Gasteiger partial charge in [0.05, 0.1) is 18.5 Å². The van der Waals surface area contributed by atoms with Gasteiger partial charge >= 0.3 is 0 Å². The van der Waals surface area contributed by atoms with E-state index in [1.54, 1.807) is 43.5 Å². The number of fused-ring (bicyclic) bond motifs is 2. The highest BCUT2D eigenvalue weighted by atomic mass is 16.5. The van der Waals surface area contributed by atoms with Crippen LogP contribution in [0.5, 0.6) is 5.75 Å². The van der Waals surface area contributed by atoms with Crippen molar-refractivity contribution in [3.63, 3.8) is 0 Å². The van der Waals surface area contributed by atoms with Crippen molar-refractivity contribution >= 4 is 35.1 Å². The predicted octanol–water partition coefficient (Wildman–Crippen LogP) is 1.13. The first-order valence-corrected chi connectivity index (χ1v) is 8.53. The van der Waals surface area contributed by atoms with E-state index in [2.05, 4.69) is 20.6 Å². The normalized spacial score (nSPS) is 20.2. The average molecular weight is 378 g/mol. The maximum Gasteiger partial charge on any atom is 0.289 e. The molecule has 142 valence electrons. The molecule has 0 aromatic heterocycles. The van der Waals surface area contributed by atoms with Gasteiger partial charge in [-0.1, -0.05) is 30.3 Å². The zero-order valence-electron chi connectivity index (χ0n) is 15.3. The molecule has 0 unspecified atom stereocenters. The Hall–Kier alpha value is -3.88. The third kappa shape index (κ3) is 2.56. The molecule has 0 saturated carbocycles. The molecule has 28 heavy (non-hydrogen) atoms. The van der Waals surface area contributed by atoms with E-state index < -0.39 is 17.5 Å². The van der Waals surface area contributed by atoms with Gasteiger partial charge in [-0.25, -0.2) is 14.9 Å². The zero-order chi connectivity index (χ0) is 19.9. The molecule has 4 rings (SSSR count). The molecule has 2 aromatic rings. The fourth-order valence-electron chi connectivity index (χ4n) is 3.35. The van der Waals surface area contributed by atoms with E-state index in [1.807, 2.05) is 12.1 Å². The fraction of sp³-hybridized carbons (Fsp3) is 0.158. The summed E-state index contributed by atoms with van der Waals surface area (Å²) in [5.74, 6) is -0.196. The molecule has 1 atom stereocenters. The van der Waals surface area contributed by atoms with Crippen molar-refractivity contribution in [2.24, 2.45) is 15.7 Å². The standard InChI is InChI=1S/C19H18N6O3/c1-11(26)25-14-9-5-3-7-12(14)19(16(25)27)23-17(20)22-18(24-19)21-13-8-4-6-10-15(13)28-2/h3-10H,1-2H3,(H4,20,21,22,23,24)/t19-/m0/s1. The van der Waals surface area contributed by atoms with Crippen LogP contribution in [0.4, 0.5) is 11.4 Å². The molecular weight excluding hydrogens is 360 g/mol. The fourth-order valence-corrected chi connectivity index (χ4v) is 3.35. The first kappa shape index (κ1) is 17.5. The van der Waals surface area contributed by atoms with Crippen LogP contribution in [-0.2, 0) is 15.3 Å². The number of nitrogens with zero attached hydrogens (tertiary/aromatic N) is 3. The number of methoxy groups -OCH3 is 1. The Kier molecular flexibility index (Phi) is 3.99. The summed E-state index contributed by atoms with van der Waals surface area (Å²) in [4.78, 5) is 35.2. The molecule has 0 aliphatic carbocycles.